The third kappa shape index (κ3) is 6.98. The first-order valence-corrected chi connectivity index (χ1v) is 19.3. The van der Waals surface area contributed by atoms with Crippen molar-refractivity contribution < 1.29 is 30.5 Å². The summed E-state index contributed by atoms with van der Waals surface area (Å²) in [6.45, 7) is 2.79. The van der Waals surface area contributed by atoms with Crippen LogP contribution in [0.2, 0.25) is 0 Å². The van der Waals surface area contributed by atoms with Crippen molar-refractivity contribution in [2.45, 2.75) is 31.2 Å². The van der Waals surface area contributed by atoms with E-state index >= 15 is 0 Å². The second-order valence-electron chi connectivity index (χ2n) is 10.4. The maximum absolute atomic E-state index is 11.5. The van der Waals surface area contributed by atoms with E-state index in [4.69, 9.17) is 0 Å². The van der Waals surface area contributed by atoms with Gasteiger partial charge in [0.25, 0.3) is 25.2 Å². The van der Waals surface area contributed by atoms with E-state index in [9.17, 15) is 25.9 Å². The molecule has 13 heteroatoms. The fourth-order valence-electron chi connectivity index (χ4n) is 5.22. The van der Waals surface area contributed by atoms with E-state index in [0.717, 1.165) is 47.5 Å². The molecule has 43 heavy (non-hydrogen) atoms. The number of hydrogen-bond acceptors (Lipinski definition) is 8. The largest absolute Gasteiger partial charge is 0.335 e. The van der Waals surface area contributed by atoms with Crippen LogP contribution in [0.1, 0.15) is 23.4 Å². The first kappa shape index (κ1) is 30.3. The Labute approximate surface area is 262 Å². The summed E-state index contributed by atoms with van der Waals surface area (Å²) in [6.07, 6.45) is 2.55. The number of fused-ring (bicyclic) bond motifs is 3. The second kappa shape index (κ2) is 12.0. The van der Waals surface area contributed by atoms with Crippen molar-refractivity contribution in [2.75, 3.05) is 23.0 Å². The summed E-state index contributed by atoms with van der Waals surface area (Å²) >= 11 is 4.87. The molecule has 8 nitrogen and oxygen atoms in total. The van der Waals surface area contributed by atoms with Crippen LogP contribution in [0.4, 0.5) is 5.69 Å². The molecule has 0 aliphatic carbocycles. The summed E-state index contributed by atoms with van der Waals surface area (Å²) in [5.74, 6) is -0.676. The van der Waals surface area contributed by atoms with Crippen LogP contribution in [0, 0.1) is 6.92 Å². The molecule has 1 aliphatic heterocycles. The van der Waals surface area contributed by atoms with Gasteiger partial charge < -0.3 is 4.90 Å². The molecule has 224 valence electrons. The molecule has 3 aromatic carbocycles. The van der Waals surface area contributed by atoms with E-state index < -0.39 is 20.2 Å². The van der Waals surface area contributed by atoms with Crippen molar-refractivity contribution in [1.29, 1.82) is 0 Å². The molecule has 6 rings (SSSR count). The summed E-state index contributed by atoms with van der Waals surface area (Å²) in [4.78, 5) is 3.13. The Morgan fingerprint density at radius 3 is 2.40 bits per heavy atom. The zero-order chi connectivity index (χ0) is 30.4. The van der Waals surface area contributed by atoms with Gasteiger partial charge in [-0.05, 0) is 71.1 Å². The Bertz CT molecular complexity index is 2100. The van der Waals surface area contributed by atoms with Crippen LogP contribution in [0.3, 0.4) is 0 Å². The number of thiazole rings is 1. The number of aromatic nitrogens is 1. The lowest BCUT2D eigenvalue weighted by Crippen LogP contribution is -2.36. The first-order valence-electron chi connectivity index (χ1n) is 13.6. The van der Waals surface area contributed by atoms with Crippen molar-refractivity contribution in [3.8, 4) is 11.1 Å². The quantitative estimate of drug-likeness (QED) is 0.122. The fourth-order valence-corrected chi connectivity index (χ4v) is 9.32. The molecule has 0 bridgehead atoms. The van der Waals surface area contributed by atoms with Crippen molar-refractivity contribution in [3.05, 3.63) is 81.6 Å². The van der Waals surface area contributed by atoms with Crippen molar-refractivity contribution in [3.63, 3.8) is 0 Å². The molecule has 1 aliphatic rings. The molecule has 0 amide bonds. The molecule has 3 heterocycles. The van der Waals surface area contributed by atoms with Crippen LogP contribution in [0.5, 0.6) is 0 Å². The number of thioether (sulfide) groups is 1. The van der Waals surface area contributed by atoms with Gasteiger partial charge in [0.15, 0.2) is 6.54 Å². The van der Waals surface area contributed by atoms with Crippen LogP contribution in [0.15, 0.2) is 76.0 Å². The van der Waals surface area contributed by atoms with Gasteiger partial charge >= 0.3 is 0 Å². The van der Waals surface area contributed by atoms with Crippen molar-refractivity contribution >= 4 is 86.7 Å². The monoisotopic (exact) mass is 673 g/mol. The molecule has 0 unspecified atom stereocenters. The first-order chi connectivity index (χ1) is 20.4. The van der Waals surface area contributed by atoms with E-state index in [1.165, 1.54) is 10.1 Å². The van der Waals surface area contributed by atoms with E-state index in [1.807, 2.05) is 19.1 Å². The van der Waals surface area contributed by atoms with E-state index in [1.54, 1.807) is 34.4 Å². The molecule has 0 radical (unpaired) electrons. The molecule has 0 spiro atoms. The minimum absolute atomic E-state index is 0.238. The molecule has 0 saturated carbocycles. The predicted molar refractivity (Wildman–Crippen MR) is 177 cm³/mol. The van der Waals surface area contributed by atoms with Crippen LogP contribution in [-0.2, 0) is 26.8 Å². The van der Waals surface area contributed by atoms with E-state index in [-0.39, 0.29) is 24.3 Å². The number of rotatable bonds is 10. The molecule has 2 aromatic heterocycles. The number of anilines is 1. The molecule has 5 aromatic rings. The summed E-state index contributed by atoms with van der Waals surface area (Å²) in [6, 6.07) is 21.0. The van der Waals surface area contributed by atoms with Gasteiger partial charge in [-0.3, -0.25) is 9.11 Å². The van der Waals surface area contributed by atoms with E-state index in [0.29, 0.717) is 13.1 Å². The standard InChI is InChI=1S/C30H28N2O6S5/c1-20-4-8-26-24(16-20)31(11-2-14-42(33,34)35)29(40-26)19-30-32(12-3-15-43(36,37)38)25-17-22(7-9-27(25)41-30)23-6-5-21-10-13-39-28(21)18-23/h4-10,13,16-19H,2-3,11-12,14-15H2,1H3,(H-,33,34,35,36,37,38)/p+1. The molecule has 0 atom stereocenters. The van der Waals surface area contributed by atoms with Crippen LogP contribution < -0.4 is 9.47 Å². The Morgan fingerprint density at radius 1 is 0.860 bits per heavy atom. The lowest BCUT2D eigenvalue weighted by molar-refractivity contribution is -0.668. The highest BCUT2D eigenvalue weighted by molar-refractivity contribution is 8.04. The smallest absolute Gasteiger partial charge is 0.265 e. The second-order valence-corrected chi connectivity index (χ2v) is 16.7. The minimum atomic E-state index is -4.11. The molecule has 2 N–H and O–H groups in total. The Hall–Kier alpha value is -2.78. The number of thiophene rings is 1. The SMILES string of the molecule is Cc1ccc2c(c1)N(CCCS(=O)(=O)O)C(=Cc1sc3ccc(-c4ccc5ccsc5c4)cc3[n+]1CCCS(=O)(=O)O)S2. The summed E-state index contributed by atoms with van der Waals surface area (Å²) in [7, 11) is -8.19. The summed E-state index contributed by atoms with van der Waals surface area (Å²) < 4.78 is 69.0. The zero-order valence-corrected chi connectivity index (χ0v) is 27.2. The molecule has 0 saturated heterocycles. The van der Waals surface area contributed by atoms with Crippen LogP contribution >= 0.6 is 34.4 Å². The van der Waals surface area contributed by atoms with Gasteiger partial charge in [-0.1, -0.05) is 47.4 Å². The minimum Gasteiger partial charge on any atom is -0.335 e. The molecular formula is C30H29N2O6S5+. The Balaban J connectivity index is 1.42. The highest BCUT2D eigenvalue weighted by Gasteiger charge is 2.28. The normalized spacial score (nSPS) is 14.8. The van der Waals surface area contributed by atoms with E-state index in [2.05, 4.69) is 69.5 Å². The molecule has 0 fully saturated rings. The Morgan fingerprint density at radius 2 is 1.60 bits per heavy atom. The predicted octanol–water partition coefficient (Wildman–Crippen LogP) is 6.85. The van der Waals surface area contributed by atoms with Crippen LogP contribution in [0.25, 0.3) is 37.5 Å². The topological polar surface area (TPSA) is 116 Å². The maximum atomic E-state index is 11.5. The average Bonchev–Trinajstić information content (AvgIpc) is 3.63. The fraction of sp³-hybridized carbons (Fsp3) is 0.233. The third-order valence-electron chi connectivity index (χ3n) is 7.22. The lowest BCUT2D eigenvalue weighted by atomic mass is 10.0. The lowest BCUT2D eigenvalue weighted by Gasteiger charge is -2.20. The van der Waals surface area contributed by atoms with Gasteiger partial charge in [0.1, 0.15) is 4.70 Å². The highest BCUT2D eigenvalue weighted by atomic mass is 32.2. The van der Waals surface area contributed by atoms with Gasteiger partial charge in [-0.2, -0.15) is 21.4 Å². The number of aryl methyl sites for hydroxylation is 2. The molecular weight excluding hydrogens is 645 g/mol. The number of nitrogens with zero attached hydrogens (tertiary/aromatic N) is 2. The van der Waals surface area contributed by atoms with Gasteiger partial charge in [0.2, 0.25) is 5.52 Å². The summed E-state index contributed by atoms with van der Waals surface area (Å²) in [5, 5.41) is 5.09. The van der Waals surface area contributed by atoms with Gasteiger partial charge in [-0.25, -0.2) is 0 Å². The zero-order valence-electron chi connectivity index (χ0n) is 23.1. The third-order valence-corrected chi connectivity index (χ3v) is 11.9. The van der Waals surface area contributed by atoms with Gasteiger partial charge in [0, 0.05) is 28.6 Å². The Kier molecular flexibility index (Phi) is 8.41. The van der Waals surface area contributed by atoms with Crippen molar-refractivity contribution in [1.82, 2.24) is 0 Å². The highest BCUT2D eigenvalue weighted by Crippen LogP contribution is 2.47. The average molecular weight is 674 g/mol. The maximum Gasteiger partial charge on any atom is 0.265 e. The van der Waals surface area contributed by atoms with Crippen molar-refractivity contribution in [2.24, 2.45) is 0 Å². The van der Waals surface area contributed by atoms with Gasteiger partial charge in [-0.15, -0.1) is 11.3 Å². The van der Waals surface area contributed by atoms with Crippen LogP contribution in [-0.4, -0.2) is 44.0 Å². The van der Waals surface area contributed by atoms with Gasteiger partial charge in [0.05, 0.1) is 28.3 Å². The number of benzene rings is 3. The number of hydrogen-bond donors (Lipinski definition) is 2. The summed E-state index contributed by atoms with van der Waals surface area (Å²) in [5.41, 5.74) is 5.17.